The lowest BCUT2D eigenvalue weighted by Crippen LogP contribution is -2.57. The van der Waals surface area contributed by atoms with Crippen LogP contribution in [0.1, 0.15) is 70.9 Å². The van der Waals surface area contributed by atoms with Gasteiger partial charge in [0, 0.05) is 43.7 Å². The van der Waals surface area contributed by atoms with Gasteiger partial charge in [-0.2, -0.15) is 26.3 Å². The third-order valence-electron chi connectivity index (χ3n) is 9.75. The third kappa shape index (κ3) is 10.4. The third-order valence-corrected chi connectivity index (χ3v) is 11.5. The number of amides is 1. The lowest BCUT2D eigenvalue weighted by molar-refractivity contribution is -0.205. The van der Waals surface area contributed by atoms with Crippen LogP contribution < -0.4 is 14.9 Å². The molecule has 2 aromatic carbocycles. The molecule has 2 aromatic heterocycles. The van der Waals surface area contributed by atoms with Gasteiger partial charge in [0.05, 0.1) is 29.1 Å². The normalized spacial score (nSPS) is 17.0. The number of likely N-dealkylation sites (tertiary alicyclic amines) is 1. The second-order valence-corrected chi connectivity index (χ2v) is 16.0. The number of rotatable bonds is 12. The van der Waals surface area contributed by atoms with Gasteiger partial charge in [0.15, 0.2) is 10.8 Å². The number of carbonyl (C=O) groups excluding carboxylic acids is 3. The number of piperidine rings is 1. The van der Waals surface area contributed by atoms with Crippen molar-refractivity contribution in [1.82, 2.24) is 25.1 Å². The number of halogens is 6. The summed E-state index contributed by atoms with van der Waals surface area (Å²) in [5, 5.41) is 5.40. The smallest absolute Gasteiger partial charge is 0.449 e. The zero-order valence-corrected chi connectivity index (χ0v) is 32.4. The minimum absolute atomic E-state index is 0.0664. The molecule has 0 unspecified atom stereocenters. The Kier molecular flexibility index (Phi) is 12.8. The molecule has 1 spiro atoms. The van der Waals surface area contributed by atoms with Gasteiger partial charge in [0.2, 0.25) is 0 Å². The second kappa shape index (κ2) is 17.2. The van der Waals surface area contributed by atoms with Crippen molar-refractivity contribution in [3.8, 4) is 5.75 Å². The average Bonchev–Trinajstić information content (AvgIpc) is 3.81. The van der Waals surface area contributed by atoms with E-state index in [1.54, 1.807) is 0 Å². The Bertz CT molecular complexity index is 2140. The first-order chi connectivity index (χ1) is 26.9. The van der Waals surface area contributed by atoms with E-state index in [-0.39, 0.29) is 40.7 Å². The quantitative estimate of drug-likeness (QED) is 0.0742. The number of alkyl halides is 6. The molecule has 308 valence electrons. The van der Waals surface area contributed by atoms with Gasteiger partial charge >= 0.3 is 29.2 Å². The van der Waals surface area contributed by atoms with Gasteiger partial charge in [-0.15, -0.1) is 11.3 Å². The van der Waals surface area contributed by atoms with Crippen LogP contribution in [0.4, 0.5) is 26.3 Å². The molecule has 0 radical (unpaired) electrons. The monoisotopic (exact) mass is 843 g/mol. The van der Waals surface area contributed by atoms with Crippen LogP contribution >= 0.6 is 22.7 Å². The largest absolute Gasteiger partial charge is 0.491 e. The van der Waals surface area contributed by atoms with Crippen molar-refractivity contribution in [3.63, 3.8) is 0 Å². The number of morpholine rings is 1. The number of H-pyrrole nitrogens is 1. The van der Waals surface area contributed by atoms with E-state index in [0.717, 1.165) is 54.9 Å². The van der Waals surface area contributed by atoms with Gasteiger partial charge in [-0.3, -0.25) is 14.5 Å². The standard InChI is InChI=1S/C37H39F6N5O7S2/c1-21(2)25-19-56-30(45-25)31(49)48-14-15-53-35(20-48)9-12-47(13-10-35)18-23-5-3-4-22(16-23)8-11-44-17-27(55-33(51)37(41,42)43)24-6-7-26(54-32(50)36(38,39)40)28-29(24)57-34(52)46-28/h3-7,16,19,21,27,44H,8-15,17-18,20H2,1-2H3,(H,46,52)/t27-/m0/s1. The number of benzene rings is 2. The van der Waals surface area contributed by atoms with E-state index < -0.39 is 46.6 Å². The number of nitrogens with one attached hydrogen (secondary N) is 2. The van der Waals surface area contributed by atoms with Gasteiger partial charge in [-0.1, -0.05) is 49.4 Å². The van der Waals surface area contributed by atoms with Crippen LogP contribution in [0.25, 0.3) is 10.2 Å². The molecule has 1 atom stereocenters. The fourth-order valence-corrected chi connectivity index (χ4v) is 8.62. The number of ether oxygens (including phenoxy) is 3. The van der Waals surface area contributed by atoms with Crippen LogP contribution in [-0.4, -0.2) is 101 Å². The molecule has 20 heteroatoms. The van der Waals surface area contributed by atoms with E-state index in [0.29, 0.717) is 49.0 Å². The minimum Gasteiger partial charge on any atom is -0.449 e. The first-order valence-electron chi connectivity index (χ1n) is 18.0. The average molecular weight is 844 g/mol. The first kappa shape index (κ1) is 42.2. The number of esters is 2. The van der Waals surface area contributed by atoms with E-state index in [1.165, 1.54) is 11.3 Å². The van der Waals surface area contributed by atoms with Gasteiger partial charge in [0.1, 0.15) is 11.6 Å². The summed E-state index contributed by atoms with van der Waals surface area (Å²) in [4.78, 5) is 59.0. The number of nitrogens with zero attached hydrogens (tertiary/aromatic N) is 3. The first-order valence-corrected chi connectivity index (χ1v) is 19.7. The Morgan fingerprint density at radius 1 is 1.02 bits per heavy atom. The Hall–Kier alpha value is -4.37. The molecular weight excluding hydrogens is 805 g/mol. The topological polar surface area (TPSA) is 143 Å². The number of thiazole rings is 2. The van der Waals surface area contributed by atoms with Gasteiger partial charge in [0.25, 0.3) is 5.91 Å². The maximum Gasteiger partial charge on any atom is 0.491 e. The SMILES string of the molecule is CC(C)c1csc(C(=O)N2CCOC3(CCN(Cc4cccc(CCNC[C@H](OC(=O)C(F)(F)F)c5ccc(OC(=O)C(F)(F)F)c6[nH]c(=O)sc56)c4)CC3)C2)n1. The van der Waals surface area contributed by atoms with Gasteiger partial charge in [-0.25, -0.2) is 14.6 Å². The minimum atomic E-state index is -5.36. The molecule has 2 saturated heterocycles. The molecule has 2 N–H and O–H groups in total. The van der Waals surface area contributed by atoms with Crippen molar-refractivity contribution in [3.05, 3.63) is 78.8 Å². The molecule has 57 heavy (non-hydrogen) atoms. The molecular formula is C37H39F6N5O7S2. The van der Waals surface area contributed by atoms with Gasteiger partial charge < -0.3 is 29.4 Å². The zero-order valence-electron chi connectivity index (χ0n) is 30.8. The van der Waals surface area contributed by atoms with E-state index in [9.17, 15) is 45.5 Å². The zero-order chi connectivity index (χ0) is 41.1. The number of aromatic amines is 1. The highest BCUT2D eigenvalue weighted by atomic mass is 32.1. The Morgan fingerprint density at radius 3 is 2.42 bits per heavy atom. The molecule has 2 fully saturated rings. The summed E-state index contributed by atoms with van der Waals surface area (Å²) >= 11 is 1.81. The molecule has 0 saturated carbocycles. The van der Waals surface area contributed by atoms with Crippen molar-refractivity contribution >= 4 is 50.7 Å². The molecule has 2 aliphatic heterocycles. The van der Waals surface area contributed by atoms with E-state index in [2.05, 4.69) is 24.9 Å². The second-order valence-electron chi connectivity index (χ2n) is 14.2. The van der Waals surface area contributed by atoms with Crippen LogP contribution in [0, 0.1) is 0 Å². The highest BCUT2D eigenvalue weighted by molar-refractivity contribution is 7.16. The van der Waals surface area contributed by atoms with E-state index in [4.69, 9.17) is 9.47 Å². The predicted octanol–water partition coefficient (Wildman–Crippen LogP) is 6.12. The van der Waals surface area contributed by atoms with Crippen molar-refractivity contribution < 1.29 is 54.9 Å². The van der Waals surface area contributed by atoms with Crippen LogP contribution in [0.2, 0.25) is 0 Å². The summed E-state index contributed by atoms with van der Waals surface area (Å²) in [6, 6.07) is 9.72. The van der Waals surface area contributed by atoms with Gasteiger partial charge in [-0.05, 0) is 55.0 Å². The van der Waals surface area contributed by atoms with Crippen LogP contribution in [-0.2, 0) is 32.0 Å². The lowest BCUT2D eigenvalue weighted by Gasteiger charge is -2.47. The highest BCUT2D eigenvalue weighted by Crippen LogP contribution is 2.36. The highest BCUT2D eigenvalue weighted by Gasteiger charge is 2.44. The number of hydrogen-bond donors (Lipinski definition) is 2. The molecule has 6 rings (SSSR count). The summed E-state index contributed by atoms with van der Waals surface area (Å²) in [7, 11) is 0. The fraction of sp³-hybridized carbons (Fsp3) is 0.486. The lowest BCUT2D eigenvalue weighted by atomic mass is 9.89. The summed E-state index contributed by atoms with van der Waals surface area (Å²) < 4.78 is 93.6. The number of aromatic nitrogens is 2. The maximum absolute atomic E-state index is 13.3. The maximum atomic E-state index is 13.3. The Morgan fingerprint density at radius 2 is 1.74 bits per heavy atom. The van der Waals surface area contributed by atoms with E-state index in [1.807, 2.05) is 48.4 Å². The van der Waals surface area contributed by atoms with Crippen molar-refractivity contribution in [2.24, 2.45) is 0 Å². The summed E-state index contributed by atoms with van der Waals surface area (Å²) in [5.74, 6) is -5.58. The number of carbonyl (C=O) groups is 3. The summed E-state index contributed by atoms with van der Waals surface area (Å²) in [6.07, 6.45) is -10.4. The Labute approximate surface area is 330 Å². The summed E-state index contributed by atoms with van der Waals surface area (Å²) in [5.41, 5.74) is 1.96. The molecule has 4 aromatic rings. The Balaban J connectivity index is 1.04. The van der Waals surface area contributed by atoms with Crippen LogP contribution in [0.5, 0.6) is 5.75 Å². The molecule has 0 aliphatic carbocycles. The number of hydrogen-bond acceptors (Lipinski definition) is 12. The molecule has 12 nitrogen and oxygen atoms in total. The molecule has 4 heterocycles. The van der Waals surface area contributed by atoms with Crippen LogP contribution in [0.15, 0.2) is 46.6 Å². The van der Waals surface area contributed by atoms with Crippen LogP contribution in [0.3, 0.4) is 0 Å². The predicted molar refractivity (Wildman–Crippen MR) is 197 cm³/mol. The molecule has 2 aliphatic rings. The molecule has 0 bridgehead atoms. The van der Waals surface area contributed by atoms with Crippen molar-refractivity contribution in [2.75, 3.05) is 45.9 Å². The summed E-state index contributed by atoms with van der Waals surface area (Å²) in [6.45, 7) is 7.63. The van der Waals surface area contributed by atoms with Crippen molar-refractivity contribution in [1.29, 1.82) is 0 Å². The van der Waals surface area contributed by atoms with E-state index >= 15 is 0 Å². The molecule has 1 amide bonds. The number of fused-ring (bicyclic) bond motifs is 1. The van der Waals surface area contributed by atoms with Crippen molar-refractivity contribution in [2.45, 2.75) is 69.6 Å². The fourth-order valence-electron chi connectivity index (χ4n) is 6.77.